The Morgan fingerprint density at radius 2 is 2.38 bits per heavy atom. The largest absolute Gasteiger partial charge is 0.246 e. The fourth-order valence-corrected chi connectivity index (χ4v) is 3.14. The van der Waals surface area contributed by atoms with Crippen LogP contribution >= 0.6 is 34.4 Å². The highest BCUT2D eigenvalue weighted by Crippen LogP contribution is 2.24. The van der Waals surface area contributed by atoms with Crippen LogP contribution < -0.4 is 0 Å². The van der Waals surface area contributed by atoms with Crippen molar-refractivity contribution in [2.75, 3.05) is 0 Å². The molecule has 0 aromatic carbocycles. The number of aromatic nitrogens is 2. The molecule has 5 heteroatoms. The maximum absolute atomic E-state index is 4.38. The maximum Gasteiger partial charge on any atom is 0.150 e. The second-order valence-electron chi connectivity index (χ2n) is 2.44. The van der Waals surface area contributed by atoms with E-state index in [0.29, 0.717) is 0 Å². The molecule has 13 heavy (non-hydrogen) atoms. The van der Waals surface area contributed by atoms with Crippen LogP contribution in [0.15, 0.2) is 21.3 Å². The first-order valence-electron chi connectivity index (χ1n) is 3.78. The Balaban J connectivity index is 1.93. The molecule has 0 atom stereocenters. The smallest absolute Gasteiger partial charge is 0.150 e. The van der Waals surface area contributed by atoms with E-state index < -0.39 is 0 Å². The van der Waals surface area contributed by atoms with Crippen LogP contribution in [0.3, 0.4) is 0 Å². The van der Waals surface area contributed by atoms with Gasteiger partial charge in [-0.1, -0.05) is 11.8 Å². The van der Waals surface area contributed by atoms with Gasteiger partial charge in [0, 0.05) is 22.7 Å². The van der Waals surface area contributed by atoms with Gasteiger partial charge in [0.05, 0.1) is 10.7 Å². The summed E-state index contributed by atoms with van der Waals surface area (Å²) in [6, 6.07) is 0. The summed E-state index contributed by atoms with van der Waals surface area (Å²) in [5.74, 6) is 0.928. The van der Waals surface area contributed by atoms with Gasteiger partial charge in [0.25, 0.3) is 0 Å². The van der Waals surface area contributed by atoms with E-state index in [2.05, 4.69) is 15.3 Å². The van der Waals surface area contributed by atoms with Crippen LogP contribution in [0.25, 0.3) is 0 Å². The Labute approximate surface area is 89.1 Å². The van der Waals surface area contributed by atoms with Crippen LogP contribution in [0, 0.1) is 6.92 Å². The molecule has 0 saturated carbocycles. The third-order valence-electron chi connectivity index (χ3n) is 1.42. The molecule has 0 amide bonds. The highest BCUT2D eigenvalue weighted by atomic mass is 32.2. The predicted octanol–water partition coefficient (Wildman–Crippen LogP) is 3.20. The molecule has 0 aliphatic heterocycles. The lowest BCUT2D eigenvalue weighted by Gasteiger charge is -1.91. The van der Waals surface area contributed by atoms with Crippen molar-refractivity contribution in [1.29, 1.82) is 0 Å². The zero-order valence-corrected chi connectivity index (χ0v) is 9.51. The molecule has 0 unspecified atom stereocenters. The average molecular weight is 228 g/mol. The molecule has 0 bridgehead atoms. The second-order valence-corrected chi connectivity index (χ2v) is 5.62. The van der Waals surface area contributed by atoms with Crippen molar-refractivity contribution in [3.8, 4) is 0 Å². The van der Waals surface area contributed by atoms with Gasteiger partial charge >= 0.3 is 0 Å². The Hall–Kier alpha value is -0.390. The minimum absolute atomic E-state index is 0.928. The number of hydrogen-bond donors (Lipinski definition) is 0. The molecule has 68 valence electrons. The van der Waals surface area contributed by atoms with Crippen molar-refractivity contribution in [3.05, 3.63) is 27.7 Å². The number of thioether (sulfide) groups is 1. The average Bonchev–Trinajstić information content (AvgIpc) is 2.71. The van der Waals surface area contributed by atoms with Crippen LogP contribution in [-0.2, 0) is 5.75 Å². The lowest BCUT2D eigenvalue weighted by atomic mass is 10.6. The summed E-state index contributed by atoms with van der Waals surface area (Å²) in [5, 5.41) is 5.24. The van der Waals surface area contributed by atoms with Gasteiger partial charge in [-0.15, -0.1) is 22.7 Å². The van der Waals surface area contributed by atoms with E-state index in [4.69, 9.17) is 0 Å². The first-order valence-corrected chi connectivity index (χ1v) is 6.52. The molecular weight excluding hydrogens is 220 g/mol. The van der Waals surface area contributed by atoms with Crippen LogP contribution in [0.4, 0.5) is 0 Å². The van der Waals surface area contributed by atoms with Gasteiger partial charge in [0.15, 0.2) is 0 Å². The Bertz CT molecular complexity index is 366. The van der Waals surface area contributed by atoms with Crippen molar-refractivity contribution < 1.29 is 0 Å². The first kappa shape index (κ1) is 9.18. The van der Waals surface area contributed by atoms with Crippen molar-refractivity contribution in [2.24, 2.45) is 0 Å². The summed E-state index contributed by atoms with van der Waals surface area (Å²) in [6.07, 6.45) is 1.83. The molecule has 2 nitrogen and oxygen atoms in total. The van der Waals surface area contributed by atoms with E-state index in [1.165, 1.54) is 0 Å². The number of rotatable bonds is 3. The first-order chi connectivity index (χ1) is 6.34. The van der Waals surface area contributed by atoms with Gasteiger partial charge < -0.3 is 0 Å². The minimum atomic E-state index is 0.928. The Kier molecular flexibility index (Phi) is 2.97. The zero-order chi connectivity index (χ0) is 9.10. The molecule has 2 aromatic rings. The SMILES string of the molecule is Cc1nc(CSc2nccs2)cs1. The lowest BCUT2D eigenvalue weighted by molar-refractivity contribution is 1.17. The van der Waals surface area contributed by atoms with Gasteiger partial charge in [-0.25, -0.2) is 9.97 Å². The minimum Gasteiger partial charge on any atom is -0.246 e. The molecule has 2 rings (SSSR count). The summed E-state index contributed by atoms with van der Waals surface area (Å²) >= 11 is 5.12. The Morgan fingerprint density at radius 3 is 3.00 bits per heavy atom. The third kappa shape index (κ3) is 2.52. The lowest BCUT2D eigenvalue weighted by Crippen LogP contribution is -1.79. The fraction of sp³-hybridized carbons (Fsp3) is 0.250. The second kappa shape index (κ2) is 4.21. The van der Waals surface area contributed by atoms with Crippen LogP contribution in [-0.4, -0.2) is 9.97 Å². The Morgan fingerprint density at radius 1 is 1.46 bits per heavy atom. The number of thiazole rings is 2. The normalized spacial score (nSPS) is 10.5. The zero-order valence-electron chi connectivity index (χ0n) is 7.06. The van der Waals surface area contributed by atoms with Crippen molar-refractivity contribution in [3.63, 3.8) is 0 Å². The van der Waals surface area contributed by atoms with E-state index in [-0.39, 0.29) is 0 Å². The molecule has 0 fully saturated rings. The van der Waals surface area contributed by atoms with Crippen LogP contribution in [0.5, 0.6) is 0 Å². The maximum atomic E-state index is 4.38. The fourth-order valence-electron chi connectivity index (χ4n) is 0.892. The van der Waals surface area contributed by atoms with Crippen molar-refractivity contribution >= 4 is 34.4 Å². The van der Waals surface area contributed by atoms with Gasteiger partial charge in [-0.3, -0.25) is 0 Å². The summed E-state index contributed by atoms with van der Waals surface area (Å²) in [6.45, 7) is 2.03. The number of hydrogen-bond acceptors (Lipinski definition) is 5. The number of aryl methyl sites for hydroxylation is 1. The molecule has 2 aromatic heterocycles. The molecule has 0 aliphatic carbocycles. The predicted molar refractivity (Wildman–Crippen MR) is 58.5 cm³/mol. The van der Waals surface area contributed by atoms with E-state index >= 15 is 0 Å². The summed E-state index contributed by atoms with van der Waals surface area (Å²) in [7, 11) is 0. The van der Waals surface area contributed by atoms with Crippen LogP contribution in [0.1, 0.15) is 10.7 Å². The van der Waals surface area contributed by atoms with Crippen molar-refractivity contribution in [2.45, 2.75) is 17.0 Å². The highest BCUT2D eigenvalue weighted by molar-refractivity contribution is 8.00. The molecule has 0 spiro atoms. The quantitative estimate of drug-likeness (QED) is 0.754. The highest BCUT2D eigenvalue weighted by Gasteiger charge is 2.00. The summed E-state index contributed by atoms with van der Waals surface area (Å²) in [4.78, 5) is 8.58. The van der Waals surface area contributed by atoms with E-state index in [0.717, 1.165) is 20.8 Å². The summed E-state index contributed by atoms with van der Waals surface area (Å²) < 4.78 is 1.12. The van der Waals surface area contributed by atoms with Gasteiger partial charge in [0.2, 0.25) is 0 Å². The monoisotopic (exact) mass is 228 g/mol. The topological polar surface area (TPSA) is 25.8 Å². The van der Waals surface area contributed by atoms with Crippen LogP contribution in [0.2, 0.25) is 0 Å². The third-order valence-corrected chi connectivity index (χ3v) is 4.24. The molecule has 0 aliphatic rings. The number of nitrogens with zero attached hydrogens (tertiary/aromatic N) is 2. The van der Waals surface area contributed by atoms with Gasteiger partial charge in [-0.2, -0.15) is 0 Å². The summed E-state index contributed by atoms with van der Waals surface area (Å²) in [5.41, 5.74) is 1.16. The van der Waals surface area contributed by atoms with Crippen molar-refractivity contribution in [1.82, 2.24) is 9.97 Å². The van der Waals surface area contributed by atoms with Gasteiger partial charge in [0.1, 0.15) is 4.34 Å². The molecule has 0 radical (unpaired) electrons. The molecule has 2 heterocycles. The van der Waals surface area contributed by atoms with Gasteiger partial charge in [-0.05, 0) is 6.92 Å². The molecule has 0 N–H and O–H groups in total. The standard InChI is InChI=1S/C8H8N2S3/c1-6-10-7(4-12-6)5-13-8-9-2-3-11-8/h2-4H,5H2,1H3. The van der Waals surface area contributed by atoms with E-state index in [9.17, 15) is 0 Å². The molecule has 0 saturated heterocycles. The van der Waals surface area contributed by atoms with E-state index in [1.54, 1.807) is 34.4 Å². The van der Waals surface area contributed by atoms with E-state index in [1.807, 2.05) is 18.5 Å². The molecular formula is C8H8N2S3.